The first-order valence-electron chi connectivity index (χ1n) is 7.36. The first kappa shape index (κ1) is 17.9. The summed E-state index contributed by atoms with van der Waals surface area (Å²) in [5, 5.41) is 12.6. The summed E-state index contributed by atoms with van der Waals surface area (Å²) >= 11 is 0. The molecule has 0 unspecified atom stereocenters. The van der Waals surface area contributed by atoms with Crippen molar-refractivity contribution in [2.45, 2.75) is 6.92 Å². The van der Waals surface area contributed by atoms with Crippen molar-refractivity contribution in [3.8, 4) is 11.5 Å². The third kappa shape index (κ3) is 5.94. The summed E-state index contributed by atoms with van der Waals surface area (Å²) in [5.41, 5.74) is 3.39. The number of carboxylic acids is 1. The Balaban J connectivity index is 1.90. The van der Waals surface area contributed by atoms with Crippen molar-refractivity contribution < 1.29 is 24.2 Å². The van der Waals surface area contributed by atoms with Gasteiger partial charge in [-0.05, 0) is 31.2 Å². The minimum absolute atomic E-state index is 0.101. The second-order valence-electron chi connectivity index (χ2n) is 4.94. The highest BCUT2D eigenvalue weighted by Gasteiger charge is 2.07. The van der Waals surface area contributed by atoms with E-state index < -0.39 is 12.6 Å². The van der Waals surface area contributed by atoms with Crippen LogP contribution < -0.4 is 14.9 Å². The summed E-state index contributed by atoms with van der Waals surface area (Å²) in [6, 6.07) is 9.86. The van der Waals surface area contributed by atoms with E-state index in [0.29, 0.717) is 22.8 Å². The molecule has 0 bridgehead atoms. The Morgan fingerprint density at radius 1 is 1.08 bits per heavy atom. The molecule has 0 aliphatic heterocycles. The van der Waals surface area contributed by atoms with Crippen LogP contribution in [-0.2, 0) is 4.79 Å². The van der Waals surface area contributed by atoms with E-state index in [1.165, 1.54) is 12.4 Å². The molecule has 8 nitrogen and oxygen atoms in total. The molecule has 1 heterocycles. The SMILES string of the molecule is C/C(COc1ccccc1OCC(=O)O)=N/NC(=O)c1ccncc1. The number of rotatable bonds is 8. The van der Waals surface area contributed by atoms with E-state index in [1.54, 1.807) is 43.3 Å². The van der Waals surface area contributed by atoms with Crippen molar-refractivity contribution in [1.29, 1.82) is 0 Å². The van der Waals surface area contributed by atoms with E-state index in [2.05, 4.69) is 15.5 Å². The quantitative estimate of drug-likeness (QED) is 0.558. The Morgan fingerprint density at radius 3 is 2.28 bits per heavy atom. The Bertz CT molecular complexity index is 762. The zero-order chi connectivity index (χ0) is 18.1. The number of benzene rings is 1. The molecule has 0 aliphatic rings. The highest BCUT2D eigenvalue weighted by atomic mass is 16.5. The van der Waals surface area contributed by atoms with Crippen molar-refractivity contribution in [2.24, 2.45) is 5.10 Å². The summed E-state index contributed by atoms with van der Waals surface area (Å²) in [7, 11) is 0. The monoisotopic (exact) mass is 343 g/mol. The molecule has 0 saturated carbocycles. The van der Waals surface area contributed by atoms with Gasteiger partial charge in [-0.2, -0.15) is 5.10 Å². The molecule has 8 heteroatoms. The van der Waals surface area contributed by atoms with Gasteiger partial charge in [0.25, 0.3) is 5.91 Å². The summed E-state index contributed by atoms with van der Waals surface area (Å²) in [6.07, 6.45) is 3.03. The molecule has 2 rings (SSSR count). The minimum atomic E-state index is -1.08. The average molecular weight is 343 g/mol. The summed E-state index contributed by atoms with van der Waals surface area (Å²) in [5.74, 6) is -0.726. The summed E-state index contributed by atoms with van der Waals surface area (Å²) in [6.45, 7) is 1.33. The normalized spacial score (nSPS) is 10.8. The number of nitrogens with zero attached hydrogens (tertiary/aromatic N) is 2. The molecule has 0 atom stereocenters. The van der Waals surface area contributed by atoms with Crippen LogP contribution in [0, 0.1) is 0 Å². The van der Waals surface area contributed by atoms with Crippen molar-refractivity contribution in [3.63, 3.8) is 0 Å². The maximum absolute atomic E-state index is 11.9. The number of pyridine rings is 1. The van der Waals surface area contributed by atoms with E-state index in [4.69, 9.17) is 14.6 Å². The van der Waals surface area contributed by atoms with E-state index in [0.717, 1.165) is 0 Å². The number of carbonyl (C=O) groups is 2. The molecule has 2 N–H and O–H groups in total. The fourth-order valence-electron chi connectivity index (χ4n) is 1.76. The summed E-state index contributed by atoms with van der Waals surface area (Å²) < 4.78 is 10.7. The van der Waals surface area contributed by atoms with Crippen LogP contribution in [0.15, 0.2) is 53.9 Å². The number of carbonyl (C=O) groups excluding carboxylic acids is 1. The maximum Gasteiger partial charge on any atom is 0.341 e. The highest BCUT2D eigenvalue weighted by molar-refractivity contribution is 5.95. The van der Waals surface area contributed by atoms with E-state index in [9.17, 15) is 9.59 Å². The number of ether oxygens (including phenoxy) is 2. The fourth-order valence-corrected chi connectivity index (χ4v) is 1.76. The van der Waals surface area contributed by atoms with Gasteiger partial charge in [0.2, 0.25) is 0 Å². The first-order chi connectivity index (χ1) is 12.1. The van der Waals surface area contributed by atoms with Crippen LogP contribution in [0.25, 0.3) is 0 Å². The van der Waals surface area contributed by atoms with Crippen LogP contribution in [0.3, 0.4) is 0 Å². The standard InChI is InChI=1S/C17H17N3O5/c1-12(19-20-17(23)13-6-8-18-9-7-13)10-24-14-4-2-3-5-15(14)25-11-16(21)22/h2-9H,10-11H2,1H3,(H,20,23)(H,21,22)/b19-12-. The molecule has 0 saturated heterocycles. The molecule has 2 aromatic rings. The Hall–Kier alpha value is -3.42. The first-order valence-corrected chi connectivity index (χ1v) is 7.36. The minimum Gasteiger partial charge on any atom is -0.484 e. The number of aromatic nitrogens is 1. The van der Waals surface area contributed by atoms with E-state index >= 15 is 0 Å². The van der Waals surface area contributed by atoms with E-state index in [1.807, 2.05) is 0 Å². The lowest BCUT2D eigenvalue weighted by Gasteiger charge is -2.11. The average Bonchev–Trinajstić information content (AvgIpc) is 2.64. The molecular formula is C17H17N3O5. The van der Waals surface area contributed by atoms with Crippen molar-refractivity contribution in [2.75, 3.05) is 13.2 Å². The fraction of sp³-hybridized carbons (Fsp3) is 0.176. The van der Waals surface area contributed by atoms with Gasteiger partial charge in [0, 0.05) is 18.0 Å². The molecule has 25 heavy (non-hydrogen) atoms. The molecule has 1 amide bonds. The number of para-hydroxylation sites is 2. The number of hydrogen-bond acceptors (Lipinski definition) is 6. The van der Waals surface area contributed by atoms with Gasteiger partial charge in [0.15, 0.2) is 18.1 Å². The molecule has 0 aliphatic carbocycles. The van der Waals surface area contributed by atoms with Gasteiger partial charge >= 0.3 is 5.97 Å². The number of hydrogen-bond donors (Lipinski definition) is 2. The van der Waals surface area contributed by atoms with Gasteiger partial charge in [-0.1, -0.05) is 12.1 Å². The molecule has 1 aromatic heterocycles. The smallest absolute Gasteiger partial charge is 0.341 e. The number of carboxylic acid groups (broad SMARTS) is 1. The number of aliphatic carboxylic acids is 1. The van der Waals surface area contributed by atoms with Crippen molar-refractivity contribution in [1.82, 2.24) is 10.4 Å². The lowest BCUT2D eigenvalue weighted by molar-refractivity contribution is -0.139. The number of nitrogens with one attached hydrogen (secondary N) is 1. The van der Waals surface area contributed by atoms with Gasteiger partial charge in [0.05, 0.1) is 5.71 Å². The second-order valence-corrected chi connectivity index (χ2v) is 4.94. The lowest BCUT2D eigenvalue weighted by atomic mass is 10.3. The Kier molecular flexibility index (Phi) is 6.47. The van der Waals surface area contributed by atoms with Crippen molar-refractivity contribution in [3.05, 3.63) is 54.4 Å². The van der Waals surface area contributed by atoms with Crippen LogP contribution >= 0.6 is 0 Å². The molecule has 0 radical (unpaired) electrons. The second kappa shape index (κ2) is 9.02. The topological polar surface area (TPSA) is 110 Å². The maximum atomic E-state index is 11.9. The lowest BCUT2D eigenvalue weighted by Crippen LogP contribution is -2.21. The third-order valence-corrected chi connectivity index (χ3v) is 2.93. The molecule has 1 aromatic carbocycles. The van der Waals surface area contributed by atoms with Gasteiger partial charge in [-0.15, -0.1) is 0 Å². The summed E-state index contributed by atoms with van der Waals surface area (Å²) in [4.78, 5) is 26.3. The molecule has 0 spiro atoms. The van der Waals surface area contributed by atoms with Gasteiger partial charge < -0.3 is 14.6 Å². The Morgan fingerprint density at radius 2 is 1.68 bits per heavy atom. The van der Waals surface area contributed by atoms with Crippen LogP contribution in [0.5, 0.6) is 11.5 Å². The van der Waals surface area contributed by atoms with Gasteiger partial charge in [0.1, 0.15) is 6.61 Å². The van der Waals surface area contributed by atoms with Gasteiger partial charge in [-0.25, -0.2) is 10.2 Å². The highest BCUT2D eigenvalue weighted by Crippen LogP contribution is 2.26. The van der Waals surface area contributed by atoms with Crippen LogP contribution in [0.2, 0.25) is 0 Å². The van der Waals surface area contributed by atoms with Crippen LogP contribution in [0.1, 0.15) is 17.3 Å². The van der Waals surface area contributed by atoms with Crippen molar-refractivity contribution >= 4 is 17.6 Å². The largest absolute Gasteiger partial charge is 0.484 e. The number of hydrazone groups is 1. The molecular weight excluding hydrogens is 326 g/mol. The van der Waals surface area contributed by atoms with Crippen LogP contribution in [-0.4, -0.2) is 40.9 Å². The predicted octanol–water partition coefficient (Wildman–Crippen LogP) is 1.73. The van der Waals surface area contributed by atoms with Gasteiger partial charge in [-0.3, -0.25) is 9.78 Å². The zero-order valence-corrected chi connectivity index (χ0v) is 13.5. The third-order valence-electron chi connectivity index (χ3n) is 2.93. The van der Waals surface area contributed by atoms with E-state index in [-0.39, 0.29) is 12.5 Å². The molecule has 0 fully saturated rings. The molecule has 130 valence electrons. The zero-order valence-electron chi connectivity index (χ0n) is 13.5. The number of amides is 1. The predicted molar refractivity (Wildman–Crippen MR) is 89.9 cm³/mol. The van der Waals surface area contributed by atoms with Crippen LogP contribution in [0.4, 0.5) is 0 Å². The Labute approximate surface area is 144 Å².